The number of rotatable bonds is 2. The molecule has 17 heavy (non-hydrogen) atoms. The highest BCUT2D eigenvalue weighted by Gasteiger charge is 2.06. The van der Waals surface area contributed by atoms with Crippen LogP contribution in [-0.4, -0.2) is 9.97 Å². The Hall–Kier alpha value is -1.62. The van der Waals surface area contributed by atoms with Gasteiger partial charge in [0.1, 0.15) is 18.0 Å². The van der Waals surface area contributed by atoms with Crippen LogP contribution in [0.15, 0.2) is 29.0 Å². The van der Waals surface area contributed by atoms with Crippen molar-refractivity contribution in [1.29, 1.82) is 0 Å². The van der Waals surface area contributed by atoms with E-state index in [1.165, 1.54) is 11.9 Å². The van der Waals surface area contributed by atoms with Gasteiger partial charge in [-0.3, -0.25) is 0 Å². The maximum atomic E-state index is 5.74. The van der Waals surface area contributed by atoms with Gasteiger partial charge in [-0.15, -0.1) is 0 Å². The van der Waals surface area contributed by atoms with Crippen molar-refractivity contribution in [3.63, 3.8) is 0 Å². The Morgan fingerprint density at radius 1 is 1.24 bits per heavy atom. The molecule has 2 rings (SSSR count). The molecular weight excluding hydrogens is 280 g/mol. The molecule has 0 amide bonds. The molecule has 88 valence electrons. The Bertz CT molecular complexity index is 554. The van der Waals surface area contributed by atoms with Gasteiger partial charge in [0, 0.05) is 10.0 Å². The Morgan fingerprint density at radius 2 is 2.00 bits per heavy atom. The van der Waals surface area contributed by atoms with Crippen molar-refractivity contribution in [1.82, 2.24) is 9.97 Å². The quantitative estimate of drug-likeness (QED) is 0.892. The third-order valence-electron chi connectivity index (χ3n) is 2.50. The van der Waals surface area contributed by atoms with Gasteiger partial charge in [0.25, 0.3) is 0 Å². The molecule has 1 aromatic heterocycles. The number of nitrogens with zero attached hydrogens (tertiary/aromatic N) is 2. The smallest absolute Gasteiger partial charge is 0.138 e. The van der Waals surface area contributed by atoms with Crippen molar-refractivity contribution >= 4 is 33.3 Å². The van der Waals surface area contributed by atoms with Gasteiger partial charge in [-0.2, -0.15) is 0 Å². The van der Waals surface area contributed by atoms with Crippen LogP contribution in [0, 0.1) is 13.8 Å². The summed E-state index contributed by atoms with van der Waals surface area (Å²) in [5, 5.41) is 3.24. The molecule has 5 heteroatoms. The average Bonchev–Trinajstić information content (AvgIpc) is 2.30. The fourth-order valence-electron chi connectivity index (χ4n) is 1.45. The monoisotopic (exact) mass is 292 g/mol. The lowest BCUT2D eigenvalue weighted by Crippen LogP contribution is -2.02. The van der Waals surface area contributed by atoms with E-state index in [9.17, 15) is 0 Å². The Labute approximate surface area is 108 Å². The maximum Gasteiger partial charge on any atom is 0.138 e. The topological polar surface area (TPSA) is 63.8 Å². The summed E-state index contributed by atoms with van der Waals surface area (Å²) in [6.07, 6.45) is 1.45. The van der Waals surface area contributed by atoms with E-state index in [4.69, 9.17) is 5.73 Å². The van der Waals surface area contributed by atoms with Gasteiger partial charge in [-0.25, -0.2) is 9.97 Å². The molecule has 0 spiro atoms. The fourth-order valence-corrected chi connectivity index (χ4v) is 1.80. The molecular formula is C12H13BrN4. The molecule has 3 N–H and O–H groups in total. The summed E-state index contributed by atoms with van der Waals surface area (Å²) in [7, 11) is 0. The zero-order chi connectivity index (χ0) is 12.4. The van der Waals surface area contributed by atoms with E-state index in [1.54, 1.807) is 0 Å². The van der Waals surface area contributed by atoms with E-state index in [0.29, 0.717) is 5.82 Å². The Kier molecular flexibility index (Phi) is 3.28. The molecule has 0 saturated heterocycles. The summed E-state index contributed by atoms with van der Waals surface area (Å²) in [5.41, 5.74) is 8.73. The predicted octanol–water partition coefficient (Wildman–Crippen LogP) is 3.18. The lowest BCUT2D eigenvalue weighted by Gasteiger charge is -2.11. The highest BCUT2D eigenvalue weighted by molar-refractivity contribution is 9.10. The molecule has 0 fully saturated rings. The van der Waals surface area contributed by atoms with E-state index < -0.39 is 0 Å². The van der Waals surface area contributed by atoms with Crippen molar-refractivity contribution in [2.45, 2.75) is 13.8 Å². The molecule has 0 bridgehead atoms. The highest BCUT2D eigenvalue weighted by atomic mass is 79.9. The number of hydrogen-bond acceptors (Lipinski definition) is 4. The molecule has 0 aliphatic heterocycles. The normalized spacial score (nSPS) is 10.3. The van der Waals surface area contributed by atoms with Crippen molar-refractivity contribution < 1.29 is 0 Å². The van der Waals surface area contributed by atoms with Crippen LogP contribution in [-0.2, 0) is 0 Å². The van der Waals surface area contributed by atoms with Gasteiger partial charge < -0.3 is 11.1 Å². The lowest BCUT2D eigenvalue weighted by molar-refractivity contribution is 1.14. The van der Waals surface area contributed by atoms with E-state index in [0.717, 1.165) is 21.5 Å². The van der Waals surface area contributed by atoms with Crippen molar-refractivity contribution in [2.24, 2.45) is 0 Å². The third kappa shape index (κ3) is 2.55. The van der Waals surface area contributed by atoms with Crippen LogP contribution in [0.5, 0.6) is 0 Å². The summed E-state index contributed by atoms with van der Waals surface area (Å²) in [5.74, 6) is 1.22. The van der Waals surface area contributed by atoms with E-state index in [1.807, 2.05) is 32.0 Å². The third-order valence-corrected chi connectivity index (χ3v) is 3.19. The molecule has 1 aromatic carbocycles. The van der Waals surface area contributed by atoms with Gasteiger partial charge in [-0.1, -0.05) is 6.07 Å². The van der Waals surface area contributed by atoms with Crippen LogP contribution in [0.25, 0.3) is 0 Å². The average molecular weight is 293 g/mol. The number of hydrogen-bond donors (Lipinski definition) is 2. The van der Waals surface area contributed by atoms with Crippen LogP contribution < -0.4 is 11.1 Å². The molecule has 0 unspecified atom stereocenters. The summed E-state index contributed by atoms with van der Waals surface area (Å²) in [6.45, 7) is 3.93. The van der Waals surface area contributed by atoms with Crippen molar-refractivity contribution in [3.8, 4) is 0 Å². The summed E-state index contributed by atoms with van der Waals surface area (Å²) in [6, 6.07) is 6.08. The number of aromatic nitrogens is 2. The predicted molar refractivity (Wildman–Crippen MR) is 73.3 cm³/mol. The standard InChI is InChI=1S/C12H13BrN4/c1-7-3-4-9(13)10(5-7)17-12-8(2)11(14)15-6-16-12/h3-6H,1-2H3,(H3,14,15,16,17). The fraction of sp³-hybridized carbons (Fsp3) is 0.167. The minimum Gasteiger partial charge on any atom is -0.383 e. The van der Waals surface area contributed by atoms with Gasteiger partial charge in [-0.05, 0) is 47.5 Å². The summed E-state index contributed by atoms with van der Waals surface area (Å²) in [4.78, 5) is 8.12. The van der Waals surface area contributed by atoms with E-state index in [2.05, 4.69) is 31.2 Å². The Balaban J connectivity index is 2.38. The van der Waals surface area contributed by atoms with Crippen LogP contribution in [0.1, 0.15) is 11.1 Å². The second-order valence-electron chi connectivity index (χ2n) is 3.84. The number of halogens is 1. The lowest BCUT2D eigenvalue weighted by atomic mass is 10.2. The highest BCUT2D eigenvalue weighted by Crippen LogP contribution is 2.27. The first-order valence-corrected chi connectivity index (χ1v) is 5.97. The van der Waals surface area contributed by atoms with E-state index >= 15 is 0 Å². The minimum absolute atomic E-state index is 0.492. The summed E-state index contributed by atoms with van der Waals surface area (Å²) >= 11 is 3.49. The molecule has 4 nitrogen and oxygen atoms in total. The van der Waals surface area contributed by atoms with Gasteiger partial charge in [0.15, 0.2) is 0 Å². The van der Waals surface area contributed by atoms with Crippen LogP contribution in [0.3, 0.4) is 0 Å². The first-order chi connectivity index (χ1) is 8.08. The van der Waals surface area contributed by atoms with Crippen molar-refractivity contribution in [3.05, 3.63) is 40.1 Å². The van der Waals surface area contributed by atoms with Gasteiger partial charge in [0.2, 0.25) is 0 Å². The number of benzene rings is 1. The first-order valence-electron chi connectivity index (χ1n) is 5.18. The number of anilines is 3. The molecule has 0 saturated carbocycles. The molecule has 0 aliphatic rings. The minimum atomic E-state index is 0.492. The molecule has 1 heterocycles. The first kappa shape index (κ1) is 11.9. The zero-order valence-electron chi connectivity index (χ0n) is 9.66. The largest absolute Gasteiger partial charge is 0.383 e. The van der Waals surface area contributed by atoms with Crippen LogP contribution >= 0.6 is 15.9 Å². The summed E-state index contributed by atoms with van der Waals surface area (Å²) < 4.78 is 0.986. The molecule has 0 aliphatic carbocycles. The van der Waals surface area contributed by atoms with Gasteiger partial charge in [0.05, 0.1) is 5.69 Å². The maximum absolute atomic E-state index is 5.74. The molecule has 0 atom stereocenters. The number of nitrogen functional groups attached to an aromatic ring is 1. The molecule has 0 radical (unpaired) electrons. The second-order valence-corrected chi connectivity index (χ2v) is 4.70. The van der Waals surface area contributed by atoms with Crippen LogP contribution in [0.4, 0.5) is 17.3 Å². The Morgan fingerprint density at radius 3 is 2.76 bits per heavy atom. The van der Waals surface area contributed by atoms with Crippen molar-refractivity contribution in [2.75, 3.05) is 11.1 Å². The molecule has 2 aromatic rings. The van der Waals surface area contributed by atoms with Crippen LogP contribution in [0.2, 0.25) is 0 Å². The van der Waals surface area contributed by atoms with E-state index in [-0.39, 0.29) is 0 Å². The van der Waals surface area contributed by atoms with Gasteiger partial charge >= 0.3 is 0 Å². The number of nitrogens with one attached hydrogen (secondary N) is 1. The zero-order valence-corrected chi connectivity index (χ0v) is 11.2. The SMILES string of the molecule is Cc1ccc(Br)c(Nc2ncnc(N)c2C)c1. The second kappa shape index (κ2) is 4.71. The number of nitrogens with two attached hydrogens (primary N) is 1. The number of aryl methyl sites for hydroxylation is 1.